The number of esters is 1. The Bertz CT molecular complexity index is 705. The molecule has 0 aliphatic carbocycles. The van der Waals surface area contributed by atoms with Gasteiger partial charge in [0.25, 0.3) is 5.91 Å². The van der Waals surface area contributed by atoms with Gasteiger partial charge in [-0.25, -0.2) is 13.2 Å². The molecule has 1 aromatic heterocycles. The maximum absolute atomic E-state index is 12.3. The van der Waals surface area contributed by atoms with Crippen LogP contribution in [0.1, 0.15) is 45.4 Å². The van der Waals surface area contributed by atoms with Crippen molar-refractivity contribution in [2.75, 3.05) is 18.6 Å². The lowest BCUT2D eigenvalue weighted by Crippen LogP contribution is -2.36. The van der Waals surface area contributed by atoms with E-state index < -0.39 is 21.7 Å². The standard InChI is InChI=1S/C14H20N2O5S/c1-4-10-11(14(18)21-3)8(2)12(16-10)13(17)15-9-5-6-22(19,20)7-9/h9,16H,4-7H2,1-3H3,(H,15,17). The van der Waals surface area contributed by atoms with Gasteiger partial charge >= 0.3 is 5.97 Å². The van der Waals surface area contributed by atoms with Crippen molar-refractivity contribution < 1.29 is 22.7 Å². The number of carbonyl (C=O) groups excluding carboxylic acids is 2. The molecule has 0 aromatic carbocycles. The van der Waals surface area contributed by atoms with Crippen LogP contribution in [0.15, 0.2) is 0 Å². The van der Waals surface area contributed by atoms with Gasteiger partial charge in [0.05, 0.1) is 24.2 Å². The molecular formula is C14H20N2O5S. The summed E-state index contributed by atoms with van der Waals surface area (Å²) >= 11 is 0. The van der Waals surface area contributed by atoms with Crippen LogP contribution in [0.2, 0.25) is 0 Å². The smallest absolute Gasteiger partial charge is 0.339 e. The number of aryl methyl sites for hydroxylation is 1. The summed E-state index contributed by atoms with van der Waals surface area (Å²) in [5.74, 6) is -0.837. The molecule has 1 aliphatic rings. The predicted molar refractivity (Wildman–Crippen MR) is 80.8 cm³/mol. The van der Waals surface area contributed by atoms with E-state index in [-0.39, 0.29) is 23.2 Å². The van der Waals surface area contributed by atoms with E-state index in [0.29, 0.717) is 29.7 Å². The Labute approximate surface area is 129 Å². The highest BCUT2D eigenvalue weighted by atomic mass is 32.2. The van der Waals surface area contributed by atoms with Gasteiger partial charge in [-0.3, -0.25) is 4.79 Å². The van der Waals surface area contributed by atoms with Gasteiger partial charge in [0.15, 0.2) is 9.84 Å². The van der Waals surface area contributed by atoms with Crippen LogP contribution in [0.25, 0.3) is 0 Å². The van der Waals surface area contributed by atoms with Crippen LogP contribution in [0.4, 0.5) is 0 Å². The number of carbonyl (C=O) groups is 2. The maximum Gasteiger partial charge on any atom is 0.339 e. The second-order valence-corrected chi connectivity index (χ2v) is 7.63. The van der Waals surface area contributed by atoms with E-state index >= 15 is 0 Å². The summed E-state index contributed by atoms with van der Waals surface area (Å²) in [5.41, 5.74) is 1.80. The molecule has 1 fully saturated rings. The number of nitrogens with one attached hydrogen (secondary N) is 2. The molecule has 2 N–H and O–H groups in total. The molecule has 1 aromatic rings. The van der Waals surface area contributed by atoms with Gasteiger partial charge in [-0.2, -0.15) is 0 Å². The second kappa shape index (κ2) is 6.12. The molecule has 8 heteroatoms. The summed E-state index contributed by atoms with van der Waals surface area (Å²) in [7, 11) is -1.77. The van der Waals surface area contributed by atoms with Crippen LogP contribution < -0.4 is 5.32 Å². The van der Waals surface area contributed by atoms with Crippen molar-refractivity contribution in [1.29, 1.82) is 0 Å². The summed E-state index contributed by atoms with van der Waals surface area (Å²) in [4.78, 5) is 27.1. The number of rotatable bonds is 4. The Balaban J connectivity index is 2.24. The molecule has 1 atom stereocenters. The lowest BCUT2D eigenvalue weighted by molar-refractivity contribution is 0.0599. The summed E-state index contributed by atoms with van der Waals surface area (Å²) in [6, 6.07) is -0.383. The van der Waals surface area contributed by atoms with E-state index in [4.69, 9.17) is 4.74 Å². The number of ether oxygens (including phenoxy) is 1. The highest BCUT2D eigenvalue weighted by molar-refractivity contribution is 7.91. The van der Waals surface area contributed by atoms with Crippen molar-refractivity contribution in [3.05, 3.63) is 22.5 Å². The van der Waals surface area contributed by atoms with E-state index in [0.717, 1.165) is 0 Å². The van der Waals surface area contributed by atoms with Crippen LogP contribution in [-0.4, -0.2) is 49.9 Å². The van der Waals surface area contributed by atoms with Gasteiger partial charge in [0, 0.05) is 11.7 Å². The average molecular weight is 328 g/mol. The molecular weight excluding hydrogens is 308 g/mol. The van der Waals surface area contributed by atoms with Gasteiger partial charge in [-0.05, 0) is 25.3 Å². The molecule has 0 radical (unpaired) electrons. The number of hydrogen-bond acceptors (Lipinski definition) is 5. The molecule has 1 aliphatic heterocycles. The fraction of sp³-hybridized carbons (Fsp3) is 0.571. The normalized spacial score (nSPS) is 19.9. The van der Waals surface area contributed by atoms with E-state index in [1.165, 1.54) is 7.11 Å². The monoisotopic (exact) mass is 328 g/mol. The molecule has 22 heavy (non-hydrogen) atoms. The Morgan fingerprint density at radius 2 is 2.09 bits per heavy atom. The minimum absolute atomic E-state index is 0.0387. The zero-order valence-corrected chi connectivity index (χ0v) is 13.7. The fourth-order valence-corrected chi connectivity index (χ4v) is 4.37. The first-order valence-electron chi connectivity index (χ1n) is 7.10. The first-order valence-corrected chi connectivity index (χ1v) is 8.92. The van der Waals surface area contributed by atoms with Crippen LogP contribution in [0, 0.1) is 6.92 Å². The third-order valence-corrected chi connectivity index (χ3v) is 5.63. The Hall–Kier alpha value is -1.83. The molecule has 122 valence electrons. The van der Waals surface area contributed by atoms with Gasteiger partial charge in [-0.15, -0.1) is 0 Å². The van der Waals surface area contributed by atoms with Gasteiger partial charge in [-0.1, -0.05) is 6.92 Å². The number of aromatic amines is 1. The molecule has 0 saturated carbocycles. The highest BCUT2D eigenvalue weighted by Crippen LogP contribution is 2.21. The summed E-state index contributed by atoms with van der Waals surface area (Å²) < 4.78 is 27.6. The zero-order valence-electron chi connectivity index (χ0n) is 12.9. The first kappa shape index (κ1) is 16.5. The van der Waals surface area contributed by atoms with Crippen LogP contribution in [-0.2, 0) is 21.0 Å². The SMILES string of the molecule is CCc1[nH]c(C(=O)NC2CCS(=O)(=O)C2)c(C)c1C(=O)OC. The molecule has 2 heterocycles. The van der Waals surface area contributed by atoms with Crippen molar-refractivity contribution in [3.8, 4) is 0 Å². The molecule has 1 amide bonds. The molecule has 1 saturated heterocycles. The van der Waals surface area contributed by atoms with Crippen molar-refractivity contribution in [2.45, 2.75) is 32.7 Å². The Morgan fingerprint density at radius 3 is 2.59 bits per heavy atom. The van der Waals surface area contributed by atoms with Crippen LogP contribution in [0.5, 0.6) is 0 Å². The topological polar surface area (TPSA) is 105 Å². The summed E-state index contributed by atoms with van der Waals surface area (Å²) in [6.07, 6.45) is 0.967. The summed E-state index contributed by atoms with van der Waals surface area (Å²) in [5, 5.41) is 2.71. The molecule has 1 unspecified atom stereocenters. The zero-order chi connectivity index (χ0) is 16.5. The van der Waals surface area contributed by atoms with Gasteiger partial charge in [0.1, 0.15) is 5.69 Å². The highest BCUT2D eigenvalue weighted by Gasteiger charge is 2.31. The Kier molecular flexibility index (Phi) is 4.60. The van der Waals surface area contributed by atoms with Crippen LogP contribution in [0.3, 0.4) is 0 Å². The van der Waals surface area contributed by atoms with Gasteiger partial charge in [0.2, 0.25) is 0 Å². The van der Waals surface area contributed by atoms with Crippen molar-refractivity contribution in [1.82, 2.24) is 10.3 Å². The van der Waals surface area contributed by atoms with Crippen molar-refractivity contribution in [2.24, 2.45) is 0 Å². The lowest BCUT2D eigenvalue weighted by atomic mass is 10.1. The van der Waals surface area contributed by atoms with E-state index in [9.17, 15) is 18.0 Å². The lowest BCUT2D eigenvalue weighted by Gasteiger charge is -2.10. The average Bonchev–Trinajstić information content (AvgIpc) is 2.97. The molecule has 0 spiro atoms. The number of amides is 1. The maximum atomic E-state index is 12.3. The number of sulfone groups is 1. The van der Waals surface area contributed by atoms with Crippen molar-refractivity contribution >= 4 is 21.7 Å². The van der Waals surface area contributed by atoms with Crippen LogP contribution >= 0.6 is 0 Å². The van der Waals surface area contributed by atoms with Gasteiger partial charge < -0.3 is 15.0 Å². The minimum atomic E-state index is -3.06. The minimum Gasteiger partial charge on any atom is -0.465 e. The second-order valence-electron chi connectivity index (χ2n) is 5.40. The quantitative estimate of drug-likeness (QED) is 0.787. The molecule has 7 nitrogen and oxygen atoms in total. The largest absolute Gasteiger partial charge is 0.465 e. The number of aromatic nitrogens is 1. The third-order valence-electron chi connectivity index (χ3n) is 3.87. The van der Waals surface area contributed by atoms with E-state index in [2.05, 4.69) is 10.3 Å². The fourth-order valence-electron chi connectivity index (χ4n) is 2.70. The first-order chi connectivity index (χ1) is 10.3. The van der Waals surface area contributed by atoms with E-state index in [1.807, 2.05) is 6.92 Å². The number of methoxy groups -OCH3 is 1. The molecule has 2 rings (SSSR count). The third kappa shape index (κ3) is 3.16. The van der Waals surface area contributed by atoms with E-state index in [1.54, 1.807) is 6.92 Å². The summed E-state index contributed by atoms with van der Waals surface area (Å²) in [6.45, 7) is 3.53. The Morgan fingerprint density at radius 1 is 1.41 bits per heavy atom. The number of H-pyrrole nitrogens is 1. The van der Waals surface area contributed by atoms with Crippen molar-refractivity contribution in [3.63, 3.8) is 0 Å². The molecule has 0 bridgehead atoms. The predicted octanol–water partition coefficient (Wildman–Crippen LogP) is 0.589. The number of hydrogen-bond donors (Lipinski definition) is 2.